The van der Waals surface area contributed by atoms with Crippen molar-refractivity contribution >= 4 is 15.9 Å². The zero-order valence-electron chi connectivity index (χ0n) is 17.1. The number of sulfonamides is 1. The number of carbonyl (C=O) groups excluding carboxylic acids is 1. The maximum absolute atomic E-state index is 13.1. The van der Waals surface area contributed by atoms with Crippen molar-refractivity contribution in [1.29, 1.82) is 0 Å². The van der Waals surface area contributed by atoms with E-state index in [0.717, 1.165) is 11.1 Å². The van der Waals surface area contributed by atoms with Crippen LogP contribution < -0.4 is 10.1 Å². The summed E-state index contributed by atoms with van der Waals surface area (Å²) in [4.78, 5) is 12.7. The van der Waals surface area contributed by atoms with Crippen molar-refractivity contribution in [3.8, 4) is 5.75 Å². The van der Waals surface area contributed by atoms with Crippen LogP contribution in [0.25, 0.3) is 0 Å². The lowest BCUT2D eigenvalue weighted by Gasteiger charge is -2.26. The average molecular weight is 435 g/mol. The minimum Gasteiger partial charge on any atom is -0.495 e. The van der Waals surface area contributed by atoms with Crippen LogP contribution in [-0.2, 0) is 32.6 Å². The smallest absolute Gasteiger partial charge is 0.251 e. The first-order valence-corrected chi connectivity index (χ1v) is 11.0. The zero-order chi connectivity index (χ0) is 21.6. The fourth-order valence-corrected chi connectivity index (χ4v) is 4.84. The van der Waals surface area contributed by atoms with Crippen LogP contribution >= 0.6 is 0 Å². The van der Waals surface area contributed by atoms with Crippen LogP contribution in [-0.4, -0.2) is 59.2 Å². The van der Waals surface area contributed by atoms with Gasteiger partial charge in [0.2, 0.25) is 10.0 Å². The van der Waals surface area contributed by atoms with Gasteiger partial charge in [-0.25, -0.2) is 8.42 Å². The maximum Gasteiger partial charge on any atom is 0.251 e. The summed E-state index contributed by atoms with van der Waals surface area (Å²) in [7, 11) is -0.793. The summed E-state index contributed by atoms with van der Waals surface area (Å²) in [6, 6.07) is 12.1. The SMILES string of the molecule is COCc1ccccc1CNC(=O)c1ccc(OC)c(S(=O)(=O)N2CCOCC2)c1. The molecule has 1 aliphatic heterocycles. The minimum atomic E-state index is -3.81. The summed E-state index contributed by atoms with van der Waals surface area (Å²) in [5.74, 6) is -0.174. The molecule has 162 valence electrons. The summed E-state index contributed by atoms with van der Waals surface area (Å²) in [6.07, 6.45) is 0. The highest BCUT2D eigenvalue weighted by Gasteiger charge is 2.30. The lowest BCUT2D eigenvalue weighted by Crippen LogP contribution is -2.40. The Labute approximate surface area is 176 Å². The summed E-state index contributed by atoms with van der Waals surface area (Å²) in [6.45, 7) is 1.94. The predicted octanol–water partition coefficient (Wildman–Crippen LogP) is 1.79. The normalized spacial score (nSPS) is 15.0. The van der Waals surface area contributed by atoms with Crippen molar-refractivity contribution in [2.45, 2.75) is 18.0 Å². The van der Waals surface area contributed by atoms with Gasteiger partial charge in [-0.2, -0.15) is 4.31 Å². The molecule has 0 aliphatic carbocycles. The lowest BCUT2D eigenvalue weighted by molar-refractivity contribution is 0.0729. The van der Waals surface area contributed by atoms with Crippen molar-refractivity contribution in [3.05, 3.63) is 59.2 Å². The Morgan fingerprint density at radius 1 is 1.10 bits per heavy atom. The summed E-state index contributed by atoms with van der Waals surface area (Å²) >= 11 is 0. The van der Waals surface area contributed by atoms with Gasteiger partial charge >= 0.3 is 0 Å². The molecule has 1 amide bonds. The largest absolute Gasteiger partial charge is 0.495 e. The van der Waals surface area contributed by atoms with Gasteiger partial charge in [-0.15, -0.1) is 0 Å². The third-order valence-corrected chi connectivity index (χ3v) is 6.79. The van der Waals surface area contributed by atoms with Gasteiger partial charge in [-0.3, -0.25) is 4.79 Å². The molecule has 0 bridgehead atoms. The summed E-state index contributed by atoms with van der Waals surface area (Å²) in [5, 5.41) is 2.85. The van der Waals surface area contributed by atoms with E-state index in [1.807, 2.05) is 24.3 Å². The third kappa shape index (κ3) is 4.99. The molecule has 0 aromatic heterocycles. The molecule has 0 spiro atoms. The Bertz CT molecular complexity index is 987. The zero-order valence-corrected chi connectivity index (χ0v) is 17.9. The van der Waals surface area contributed by atoms with Crippen LogP contribution in [0, 0.1) is 0 Å². The highest BCUT2D eigenvalue weighted by atomic mass is 32.2. The van der Waals surface area contributed by atoms with Crippen LogP contribution in [0.5, 0.6) is 5.75 Å². The highest BCUT2D eigenvalue weighted by molar-refractivity contribution is 7.89. The van der Waals surface area contributed by atoms with E-state index in [9.17, 15) is 13.2 Å². The van der Waals surface area contributed by atoms with Crippen molar-refractivity contribution in [2.75, 3.05) is 40.5 Å². The number of benzene rings is 2. The molecule has 1 saturated heterocycles. The number of ether oxygens (including phenoxy) is 3. The number of hydrogen-bond donors (Lipinski definition) is 1. The van der Waals surface area contributed by atoms with Crippen LogP contribution in [0.4, 0.5) is 0 Å². The molecule has 2 aromatic rings. The molecular formula is C21H26N2O6S. The van der Waals surface area contributed by atoms with Crippen molar-refractivity contribution < 1.29 is 27.4 Å². The second-order valence-corrected chi connectivity index (χ2v) is 8.67. The molecule has 2 aromatic carbocycles. The Morgan fingerprint density at radius 2 is 1.80 bits per heavy atom. The first-order chi connectivity index (χ1) is 14.5. The van der Waals surface area contributed by atoms with E-state index >= 15 is 0 Å². The van der Waals surface area contributed by atoms with Gasteiger partial charge in [0.25, 0.3) is 5.91 Å². The van der Waals surface area contributed by atoms with Gasteiger partial charge in [-0.1, -0.05) is 24.3 Å². The number of hydrogen-bond acceptors (Lipinski definition) is 6. The fraction of sp³-hybridized carbons (Fsp3) is 0.381. The molecule has 30 heavy (non-hydrogen) atoms. The topological polar surface area (TPSA) is 94.2 Å². The van der Waals surface area contributed by atoms with Crippen LogP contribution in [0.3, 0.4) is 0 Å². The number of nitrogens with one attached hydrogen (secondary N) is 1. The second kappa shape index (κ2) is 10.0. The monoisotopic (exact) mass is 434 g/mol. The van der Waals surface area contributed by atoms with Gasteiger partial charge in [0, 0.05) is 32.3 Å². The summed E-state index contributed by atoms with van der Waals surface area (Å²) in [5.41, 5.74) is 2.15. The van der Waals surface area contributed by atoms with Crippen molar-refractivity contribution in [3.63, 3.8) is 0 Å². The van der Waals surface area contributed by atoms with E-state index in [2.05, 4.69) is 5.32 Å². The lowest BCUT2D eigenvalue weighted by atomic mass is 10.1. The Morgan fingerprint density at radius 3 is 2.47 bits per heavy atom. The van der Waals surface area contributed by atoms with Gasteiger partial charge in [0.15, 0.2) is 0 Å². The van der Waals surface area contributed by atoms with Crippen molar-refractivity contribution in [2.24, 2.45) is 0 Å². The molecule has 3 rings (SSSR count). The number of amides is 1. The Balaban J connectivity index is 1.81. The molecule has 0 atom stereocenters. The maximum atomic E-state index is 13.1. The number of methoxy groups -OCH3 is 2. The molecule has 1 N–H and O–H groups in total. The predicted molar refractivity (Wildman–Crippen MR) is 111 cm³/mol. The molecule has 0 saturated carbocycles. The first kappa shape index (κ1) is 22.2. The molecule has 0 unspecified atom stereocenters. The standard InChI is InChI=1S/C21H26N2O6S/c1-27-15-18-6-4-3-5-17(18)14-22-21(24)16-7-8-19(28-2)20(13-16)30(25,26)23-9-11-29-12-10-23/h3-8,13H,9-12,14-15H2,1-2H3,(H,22,24). The quantitative estimate of drug-likeness (QED) is 0.681. The van der Waals surface area contributed by atoms with Crippen LogP contribution in [0.1, 0.15) is 21.5 Å². The van der Waals surface area contributed by atoms with Gasteiger partial charge in [0.1, 0.15) is 10.6 Å². The number of nitrogens with zero attached hydrogens (tertiary/aromatic N) is 1. The van der Waals surface area contributed by atoms with Gasteiger partial charge in [0.05, 0.1) is 26.9 Å². The first-order valence-electron chi connectivity index (χ1n) is 9.57. The van der Waals surface area contributed by atoms with E-state index in [-0.39, 0.29) is 35.2 Å². The molecule has 9 heteroatoms. The summed E-state index contributed by atoms with van der Waals surface area (Å²) < 4.78 is 43.2. The van der Waals surface area contributed by atoms with Crippen molar-refractivity contribution in [1.82, 2.24) is 9.62 Å². The Hall–Kier alpha value is -2.46. The fourth-order valence-electron chi connectivity index (χ4n) is 3.25. The van der Waals surface area contributed by atoms with E-state index in [1.165, 1.54) is 23.5 Å². The average Bonchev–Trinajstić information content (AvgIpc) is 2.78. The van der Waals surface area contributed by atoms with E-state index < -0.39 is 10.0 Å². The van der Waals surface area contributed by atoms with Crippen LogP contribution in [0.15, 0.2) is 47.4 Å². The molecule has 0 radical (unpaired) electrons. The third-order valence-electron chi connectivity index (χ3n) is 4.87. The van der Waals surface area contributed by atoms with Gasteiger partial charge < -0.3 is 19.5 Å². The number of carbonyl (C=O) groups is 1. The van der Waals surface area contributed by atoms with Gasteiger partial charge in [-0.05, 0) is 29.3 Å². The molecule has 1 heterocycles. The number of morpholine rings is 1. The molecule has 8 nitrogen and oxygen atoms in total. The van der Waals surface area contributed by atoms with Crippen LogP contribution in [0.2, 0.25) is 0 Å². The molecule has 1 aliphatic rings. The van der Waals surface area contributed by atoms with E-state index in [0.29, 0.717) is 26.4 Å². The molecule has 1 fully saturated rings. The number of rotatable bonds is 8. The minimum absolute atomic E-state index is 0.0284. The highest BCUT2D eigenvalue weighted by Crippen LogP contribution is 2.28. The molecular weight excluding hydrogens is 408 g/mol. The van der Waals surface area contributed by atoms with E-state index in [1.54, 1.807) is 13.2 Å². The Kier molecular flexibility index (Phi) is 7.43. The second-order valence-electron chi connectivity index (χ2n) is 6.77. The van der Waals surface area contributed by atoms with E-state index in [4.69, 9.17) is 14.2 Å².